The normalized spacial score (nSPS) is 17.7. The molecule has 0 bridgehead atoms. The van der Waals surface area contributed by atoms with Gasteiger partial charge in [0.2, 0.25) is 0 Å². The predicted molar refractivity (Wildman–Crippen MR) is 56.8 cm³/mol. The highest BCUT2D eigenvalue weighted by molar-refractivity contribution is 5.28. The van der Waals surface area contributed by atoms with Crippen LogP contribution in [0.1, 0.15) is 18.4 Å². The lowest BCUT2D eigenvalue weighted by atomic mass is 10.1. The standard InChI is InChI=1S/C12H16O3/c13-9-10-2-1-3-12(8-10)15-11-4-6-14-7-5-11/h1-3,8,11,13H,4-7,9H2. The Bertz CT molecular complexity index is 305. The van der Waals surface area contributed by atoms with E-state index in [9.17, 15) is 0 Å². The molecule has 82 valence electrons. The second-order valence-corrected chi connectivity index (χ2v) is 3.74. The molecule has 1 aliphatic heterocycles. The van der Waals surface area contributed by atoms with E-state index in [1.165, 1.54) is 0 Å². The summed E-state index contributed by atoms with van der Waals surface area (Å²) in [6, 6.07) is 7.60. The van der Waals surface area contributed by atoms with E-state index < -0.39 is 0 Å². The summed E-state index contributed by atoms with van der Waals surface area (Å²) in [5, 5.41) is 8.99. The fraction of sp³-hybridized carbons (Fsp3) is 0.500. The lowest BCUT2D eigenvalue weighted by molar-refractivity contribution is 0.0255. The number of aliphatic hydroxyl groups is 1. The number of aliphatic hydroxyl groups excluding tert-OH is 1. The number of ether oxygens (including phenoxy) is 2. The van der Waals surface area contributed by atoms with Gasteiger partial charge in [0.25, 0.3) is 0 Å². The van der Waals surface area contributed by atoms with Gasteiger partial charge in [0, 0.05) is 12.8 Å². The second-order valence-electron chi connectivity index (χ2n) is 3.74. The Hall–Kier alpha value is -1.06. The van der Waals surface area contributed by atoms with Crippen molar-refractivity contribution in [1.29, 1.82) is 0 Å². The third kappa shape index (κ3) is 2.94. The fourth-order valence-electron chi connectivity index (χ4n) is 1.70. The van der Waals surface area contributed by atoms with Crippen molar-refractivity contribution in [2.45, 2.75) is 25.6 Å². The van der Waals surface area contributed by atoms with Gasteiger partial charge in [-0.1, -0.05) is 12.1 Å². The third-order valence-corrected chi connectivity index (χ3v) is 2.55. The van der Waals surface area contributed by atoms with Crippen molar-refractivity contribution in [2.75, 3.05) is 13.2 Å². The van der Waals surface area contributed by atoms with Crippen LogP contribution in [0.3, 0.4) is 0 Å². The molecule has 3 nitrogen and oxygen atoms in total. The molecule has 1 heterocycles. The topological polar surface area (TPSA) is 38.7 Å². The van der Waals surface area contributed by atoms with E-state index in [1.54, 1.807) is 0 Å². The first-order chi connectivity index (χ1) is 7.38. The van der Waals surface area contributed by atoms with Crippen LogP contribution in [0.2, 0.25) is 0 Å². The maximum Gasteiger partial charge on any atom is 0.120 e. The van der Waals surface area contributed by atoms with Crippen molar-refractivity contribution < 1.29 is 14.6 Å². The second kappa shape index (κ2) is 5.14. The zero-order valence-electron chi connectivity index (χ0n) is 8.69. The van der Waals surface area contributed by atoms with Crippen molar-refractivity contribution in [1.82, 2.24) is 0 Å². The third-order valence-electron chi connectivity index (χ3n) is 2.55. The highest BCUT2D eigenvalue weighted by atomic mass is 16.5. The molecule has 0 radical (unpaired) electrons. The van der Waals surface area contributed by atoms with Crippen LogP contribution in [-0.2, 0) is 11.3 Å². The minimum Gasteiger partial charge on any atom is -0.490 e. The number of hydrogen-bond acceptors (Lipinski definition) is 3. The van der Waals surface area contributed by atoms with Gasteiger partial charge in [0.05, 0.1) is 19.8 Å². The average Bonchev–Trinajstić information content (AvgIpc) is 2.31. The molecule has 0 atom stereocenters. The summed E-state index contributed by atoms with van der Waals surface area (Å²) in [6.45, 7) is 1.62. The van der Waals surface area contributed by atoms with Gasteiger partial charge in [-0.05, 0) is 17.7 Å². The molecule has 0 spiro atoms. The van der Waals surface area contributed by atoms with Gasteiger partial charge in [-0.15, -0.1) is 0 Å². The van der Waals surface area contributed by atoms with E-state index in [-0.39, 0.29) is 12.7 Å². The van der Waals surface area contributed by atoms with Gasteiger partial charge in [0.1, 0.15) is 11.9 Å². The zero-order valence-corrected chi connectivity index (χ0v) is 8.69. The van der Waals surface area contributed by atoms with Gasteiger partial charge in [-0.3, -0.25) is 0 Å². The average molecular weight is 208 g/mol. The molecule has 0 aromatic heterocycles. The summed E-state index contributed by atoms with van der Waals surface area (Å²) < 4.78 is 11.1. The summed E-state index contributed by atoms with van der Waals surface area (Å²) >= 11 is 0. The molecular formula is C12H16O3. The Balaban J connectivity index is 1.96. The Morgan fingerprint density at radius 1 is 1.33 bits per heavy atom. The summed E-state index contributed by atoms with van der Waals surface area (Å²) in [5.74, 6) is 0.841. The summed E-state index contributed by atoms with van der Waals surface area (Å²) in [4.78, 5) is 0. The molecule has 1 aromatic rings. The maximum atomic E-state index is 8.99. The van der Waals surface area contributed by atoms with E-state index in [0.717, 1.165) is 37.4 Å². The largest absolute Gasteiger partial charge is 0.490 e. The first kappa shape index (κ1) is 10.5. The minimum absolute atomic E-state index is 0.0605. The van der Waals surface area contributed by atoms with Crippen molar-refractivity contribution >= 4 is 0 Å². The maximum absolute atomic E-state index is 8.99. The summed E-state index contributed by atoms with van der Waals surface area (Å²) in [7, 11) is 0. The number of rotatable bonds is 3. The van der Waals surface area contributed by atoms with E-state index in [0.29, 0.717) is 0 Å². The Morgan fingerprint density at radius 2 is 2.13 bits per heavy atom. The molecule has 0 unspecified atom stereocenters. The zero-order chi connectivity index (χ0) is 10.5. The van der Waals surface area contributed by atoms with Crippen molar-refractivity contribution in [3.05, 3.63) is 29.8 Å². The van der Waals surface area contributed by atoms with Gasteiger partial charge >= 0.3 is 0 Å². The van der Waals surface area contributed by atoms with Crippen LogP contribution < -0.4 is 4.74 Å². The van der Waals surface area contributed by atoms with E-state index in [1.807, 2.05) is 24.3 Å². The lowest BCUT2D eigenvalue weighted by Gasteiger charge is -2.23. The number of benzene rings is 1. The molecule has 1 saturated heterocycles. The highest BCUT2D eigenvalue weighted by Gasteiger charge is 2.14. The van der Waals surface area contributed by atoms with Crippen LogP contribution in [-0.4, -0.2) is 24.4 Å². The monoisotopic (exact) mass is 208 g/mol. The SMILES string of the molecule is OCc1cccc(OC2CCOCC2)c1. The van der Waals surface area contributed by atoms with Crippen LogP contribution in [0.5, 0.6) is 5.75 Å². The quantitative estimate of drug-likeness (QED) is 0.822. The molecule has 0 saturated carbocycles. The van der Waals surface area contributed by atoms with E-state index in [4.69, 9.17) is 14.6 Å². The summed E-state index contributed by atoms with van der Waals surface area (Å²) in [5.41, 5.74) is 0.888. The molecule has 3 heteroatoms. The molecule has 1 N–H and O–H groups in total. The van der Waals surface area contributed by atoms with Crippen LogP contribution >= 0.6 is 0 Å². The highest BCUT2D eigenvalue weighted by Crippen LogP contribution is 2.19. The van der Waals surface area contributed by atoms with Gasteiger partial charge in [0.15, 0.2) is 0 Å². The van der Waals surface area contributed by atoms with Crippen molar-refractivity contribution in [3.63, 3.8) is 0 Å². The van der Waals surface area contributed by atoms with E-state index in [2.05, 4.69) is 0 Å². The van der Waals surface area contributed by atoms with Crippen LogP contribution in [0.25, 0.3) is 0 Å². The Morgan fingerprint density at radius 3 is 2.87 bits per heavy atom. The molecular weight excluding hydrogens is 192 g/mol. The van der Waals surface area contributed by atoms with Crippen molar-refractivity contribution in [2.24, 2.45) is 0 Å². The fourth-order valence-corrected chi connectivity index (χ4v) is 1.70. The van der Waals surface area contributed by atoms with Gasteiger partial charge < -0.3 is 14.6 Å². The molecule has 0 aliphatic carbocycles. The molecule has 1 fully saturated rings. The first-order valence-electron chi connectivity index (χ1n) is 5.32. The van der Waals surface area contributed by atoms with Gasteiger partial charge in [-0.2, -0.15) is 0 Å². The molecule has 1 aliphatic rings. The predicted octanol–water partition coefficient (Wildman–Crippen LogP) is 1.74. The first-order valence-corrected chi connectivity index (χ1v) is 5.32. The summed E-state index contributed by atoms with van der Waals surface area (Å²) in [6.07, 6.45) is 2.15. The van der Waals surface area contributed by atoms with Crippen LogP contribution in [0.15, 0.2) is 24.3 Å². The molecule has 15 heavy (non-hydrogen) atoms. The molecule has 0 amide bonds. The lowest BCUT2D eigenvalue weighted by Crippen LogP contribution is -2.25. The Kier molecular flexibility index (Phi) is 3.59. The Labute approximate surface area is 89.6 Å². The van der Waals surface area contributed by atoms with Crippen LogP contribution in [0, 0.1) is 0 Å². The number of hydrogen-bond donors (Lipinski definition) is 1. The smallest absolute Gasteiger partial charge is 0.120 e. The van der Waals surface area contributed by atoms with E-state index >= 15 is 0 Å². The van der Waals surface area contributed by atoms with Crippen LogP contribution in [0.4, 0.5) is 0 Å². The molecule has 2 rings (SSSR count). The van der Waals surface area contributed by atoms with Gasteiger partial charge in [-0.25, -0.2) is 0 Å². The molecule has 1 aromatic carbocycles. The minimum atomic E-state index is 0.0605. The van der Waals surface area contributed by atoms with Crippen molar-refractivity contribution in [3.8, 4) is 5.75 Å².